The highest BCUT2D eigenvalue weighted by Crippen LogP contribution is 2.03. The van der Waals surface area contributed by atoms with E-state index in [1.807, 2.05) is 0 Å². The molecule has 78 valence electrons. The molecule has 1 heterocycles. The topological polar surface area (TPSA) is 127 Å². The van der Waals surface area contributed by atoms with E-state index in [9.17, 15) is 14.4 Å². The number of hydrazine groups is 1. The summed E-state index contributed by atoms with van der Waals surface area (Å²) in [4.78, 5) is 32.6. The lowest BCUT2D eigenvalue weighted by atomic mass is 10.4. The number of nitrogens with two attached hydrogens (primary N) is 2. The minimum atomic E-state index is -1.03. The molecule has 0 aromatic heterocycles. The molecule has 7 nitrogen and oxygen atoms in total. The second-order valence-corrected chi connectivity index (χ2v) is 2.31. The van der Waals surface area contributed by atoms with Gasteiger partial charge in [-0.1, -0.05) is 0 Å². The van der Waals surface area contributed by atoms with Crippen molar-refractivity contribution >= 4 is 17.8 Å². The number of nitrogens with zero attached hydrogens (tertiary/aromatic N) is 1. The van der Waals surface area contributed by atoms with Crippen LogP contribution in [0.15, 0.2) is 12.2 Å². The maximum absolute atomic E-state index is 10.8. The quantitative estimate of drug-likeness (QED) is 0.281. The average molecular weight is 201 g/mol. The van der Waals surface area contributed by atoms with Gasteiger partial charge in [0.15, 0.2) is 0 Å². The first-order valence-corrected chi connectivity index (χ1v) is 3.70. The van der Waals surface area contributed by atoms with Crippen molar-refractivity contribution < 1.29 is 19.5 Å². The van der Waals surface area contributed by atoms with E-state index >= 15 is 0 Å². The van der Waals surface area contributed by atoms with Gasteiger partial charge in [0.05, 0.1) is 6.42 Å². The number of imide groups is 1. The standard InChI is InChI=1S/C7H7NO4.H4N2/c9-5-1-2-6(10)8(5)4-3-7(11)12;1-2/h1-2H,3-4H2,(H,11,12);1-2H2. The molecule has 0 fully saturated rings. The molecule has 1 aliphatic heterocycles. The third-order valence-electron chi connectivity index (χ3n) is 1.45. The Bertz CT molecular complexity index is 256. The molecule has 0 saturated heterocycles. The van der Waals surface area contributed by atoms with Crippen molar-refractivity contribution in [3.8, 4) is 0 Å². The molecule has 0 bridgehead atoms. The molecule has 0 unspecified atom stereocenters. The molecule has 7 heteroatoms. The fraction of sp³-hybridized carbons (Fsp3) is 0.286. The third-order valence-corrected chi connectivity index (χ3v) is 1.45. The molecule has 0 saturated carbocycles. The van der Waals surface area contributed by atoms with Crippen LogP contribution in [0.2, 0.25) is 0 Å². The Balaban J connectivity index is 0.000000791. The highest BCUT2D eigenvalue weighted by molar-refractivity contribution is 6.12. The van der Waals surface area contributed by atoms with Crippen LogP contribution >= 0.6 is 0 Å². The van der Waals surface area contributed by atoms with Crippen LogP contribution in [-0.2, 0) is 14.4 Å². The van der Waals surface area contributed by atoms with E-state index in [0.717, 1.165) is 17.1 Å². The molecule has 2 amide bonds. The summed E-state index contributed by atoms with van der Waals surface area (Å²) in [6.07, 6.45) is 2.05. The van der Waals surface area contributed by atoms with E-state index < -0.39 is 17.8 Å². The van der Waals surface area contributed by atoms with Crippen LogP contribution in [0.25, 0.3) is 0 Å². The van der Waals surface area contributed by atoms with Crippen LogP contribution in [0.4, 0.5) is 0 Å². The Kier molecular flexibility index (Phi) is 5.12. The lowest BCUT2D eigenvalue weighted by Gasteiger charge is -2.10. The lowest BCUT2D eigenvalue weighted by Crippen LogP contribution is -2.31. The van der Waals surface area contributed by atoms with E-state index in [1.54, 1.807) is 0 Å². The number of rotatable bonds is 3. The lowest BCUT2D eigenvalue weighted by molar-refractivity contribution is -0.140. The van der Waals surface area contributed by atoms with Crippen LogP contribution < -0.4 is 11.7 Å². The van der Waals surface area contributed by atoms with Gasteiger partial charge < -0.3 is 5.11 Å². The van der Waals surface area contributed by atoms with Gasteiger partial charge in [-0.3, -0.25) is 31.0 Å². The Hall–Kier alpha value is -1.73. The first-order chi connectivity index (χ1) is 6.61. The van der Waals surface area contributed by atoms with E-state index in [2.05, 4.69) is 11.7 Å². The van der Waals surface area contributed by atoms with Crippen LogP contribution in [0.5, 0.6) is 0 Å². The zero-order chi connectivity index (χ0) is 11.1. The molecule has 1 rings (SSSR count). The van der Waals surface area contributed by atoms with Gasteiger partial charge in [0.1, 0.15) is 0 Å². The number of hydrogen-bond donors (Lipinski definition) is 3. The maximum Gasteiger partial charge on any atom is 0.305 e. The summed E-state index contributed by atoms with van der Waals surface area (Å²) in [5.41, 5.74) is 0. The fourth-order valence-electron chi connectivity index (χ4n) is 0.859. The molecular weight excluding hydrogens is 190 g/mol. The molecule has 0 aliphatic carbocycles. The van der Waals surface area contributed by atoms with Crippen molar-refractivity contribution in [2.45, 2.75) is 6.42 Å². The van der Waals surface area contributed by atoms with Gasteiger partial charge in [-0.05, 0) is 0 Å². The molecule has 0 atom stereocenters. The summed E-state index contributed by atoms with van der Waals surface area (Å²) in [5, 5.41) is 8.28. The number of hydrogen-bond acceptors (Lipinski definition) is 5. The third kappa shape index (κ3) is 3.33. The van der Waals surface area contributed by atoms with Gasteiger partial charge in [0.25, 0.3) is 11.8 Å². The Labute approximate surface area is 79.9 Å². The van der Waals surface area contributed by atoms with Crippen LogP contribution in [0.3, 0.4) is 0 Å². The monoisotopic (exact) mass is 201 g/mol. The van der Waals surface area contributed by atoms with Gasteiger partial charge in [0.2, 0.25) is 0 Å². The molecule has 1 aliphatic rings. The first kappa shape index (κ1) is 12.3. The van der Waals surface area contributed by atoms with E-state index in [1.165, 1.54) is 0 Å². The van der Waals surface area contributed by atoms with Gasteiger partial charge in [0, 0.05) is 18.7 Å². The summed E-state index contributed by atoms with van der Waals surface area (Å²) in [7, 11) is 0. The zero-order valence-corrected chi connectivity index (χ0v) is 7.34. The molecule has 0 spiro atoms. The summed E-state index contributed by atoms with van der Waals surface area (Å²) >= 11 is 0. The van der Waals surface area contributed by atoms with Crippen molar-refractivity contribution in [2.75, 3.05) is 6.54 Å². The Morgan fingerprint density at radius 3 is 2.07 bits per heavy atom. The van der Waals surface area contributed by atoms with E-state index in [0.29, 0.717) is 0 Å². The van der Waals surface area contributed by atoms with Crippen molar-refractivity contribution in [2.24, 2.45) is 11.7 Å². The second kappa shape index (κ2) is 5.84. The molecule has 0 radical (unpaired) electrons. The zero-order valence-electron chi connectivity index (χ0n) is 7.34. The number of carbonyl (C=O) groups excluding carboxylic acids is 2. The van der Waals surface area contributed by atoms with Gasteiger partial charge in [-0.25, -0.2) is 0 Å². The molecule has 14 heavy (non-hydrogen) atoms. The summed E-state index contributed by atoms with van der Waals surface area (Å²) < 4.78 is 0. The number of amides is 2. The van der Waals surface area contributed by atoms with E-state index in [-0.39, 0.29) is 13.0 Å². The largest absolute Gasteiger partial charge is 0.481 e. The predicted molar refractivity (Wildman–Crippen MR) is 46.5 cm³/mol. The highest BCUT2D eigenvalue weighted by Gasteiger charge is 2.23. The first-order valence-electron chi connectivity index (χ1n) is 3.70. The van der Waals surface area contributed by atoms with Crippen molar-refractivity contribution in [3.05, 3.63) is 12.2 Å². The molecular formula is C7H11N3O4. The smallest absolute Gasteiger partial charge is 0.305 e. The van der Waals surface area contributed by atoms with E-state index in [4.69, 9.17) is 5.11 Å². The van der Waals surface area contributed by atoms with Crippen molar-refractivity contribution in [3.63, 3.8) is 0 Å². The summed E-state index contributed by atoms with van der Waals surface area (Å²) in [6.45, 7) is -0.0556. The normalized spacial score (nSPS) is 14.0. The van der Waals surface area contributed by atoms with Crippen molar-refractivity contribution in [1.29, 1.82) is 0 Å². The van der Waals surface area contributed by atoms with Crippen LogP contribution in [-0.4, -0.2) is 34.3 Å². The van der Waals surface area contributed by atoms with Crippen LogP contribution in [0.1, 0.15) is 6.42 Å². The van der Waals surface area contributed by atoms with Gasteiger partial charge in [-0.15, -0.1) is 0 Å². The van der Waals surface area contributed by atoms with Gasteiger partial charge in [-0.2, -0.15) is 0 Å². The number of aliphatic carboxylic acids is 1. The maximum atomic E-state index is 10.8. The SMILES string of the molecule is NN.O=C(O)CCN1C(=O)C=CC1=O. The fourth-order valence-corrected chi connectivity index (χ4v) is 0.859. The second-order valence-electron chi connectivity index (χ2n) is 2.31. The predicted octanol–water partition coefficient (Wildman–Crippen LogP) is -1.80. The minimum Gasteiger partial charge on any atom is -0.481 e. The van der Waals surface area contributed by atoms with Gasteiger partial charge >= 0.3 is 5.97 Å². The summed E-state index contributed by atoms with van der Waals surface area (Å²) in [5.74, 6) is 6.09. The van der Waals surface area contributed by atoms with Crippen LogP contribution in [0, 0.1) is 0 Å². The molecule has 5 N–H and O–H groups in total. The van der Waals surface area contributed by atoms with Crippen molar-refractivity contribution in [1.82, 2.24) is 4.90 Å². The molecule has 0 aromatic rings. The summed E-state index contributed by atoms with van der Waals surface area (Å²) in [6, 6.07) is 0. The minimum absolute atomic E-state index is 0.0556. The average Bonchev–Trinajstić information content (AvgIpc) is 2.47. The highest BCUT2D eigenvalue weighted by atomic mass is 16.4. The number of carboxylic acids is 1. The number of carboxylic acid groups (broad SMARTS) is 1. The Morgan fingerprint density at radius 1 is 1.29 bits per heavy atom. The molecule has 0 aromatic carbocycles. The Morgan fingerprint density at radius 2 is 1.71 bits per heavy atom. The number of carbonyl (C=O) groups is 3.